The van der Waals surface area contributed by atoms with Crippen LogP contribution in [0.2, 0.25) is 0 Å². The third kappa shape index (κ3) is 2.40. The van der Waals surface area contributed by atoms with E-state index in [0.29, 0.717) is 11.8 Å². The van der Waals surface area contributed by atoms with Gasteiger partial charge in [0.05, 0.1) is 6.10 Å². The molecule has 0 saturated heterocycles. The Hall–Kier alpha value is -1.38. The van der Waals surface area contributed by atoms with Gasteiger partial charge in [-0.05, 0) is 37.8 Å². The predicted octanol–water partition coefficient (Wildman–Crippen LogP) is 3.15. The third-order valence-corrected chi connectivity index (χ3v) is 3.10. The van der Waals surface area contributed by atoms with Crippen molar-refractivity contribution in [1.82, 2.24) is 0 Å². The average Bonchev–Trinajstić information content (AvgIpc) is 2.31. The van der Waals surface area contributed by atoms with Gasteiger partial charge in [0.25, 0.3) is 0 Å². The first kappa shape index (κ1) is 11.1. The van der Waals surface area contributed by atoms with Gasteiger partial charge in [-0.15, -0.1) is 0 Å². The van der Waals surface area contributed by atoms with Crippen molar-refractivity contribution in [3.63, 3.8) is 0 Å². The summed E-state index contributed by atoms with van der Waals surface area (Å²) in [6.45, 7) is 0. The fourth-order valence-electron chi connectivity index (χ4n) is 2.23. The lowest BCUT2D eigenvalue weighted by Gasteiger charge is -2.24. The molecule has 0 spiro atoms. The number of phenolic OH excluding ortho intramolecular Hbond substituents is 1. The summed E-state index contributed by atoms with van der Waals surface area (Å²) in [4.78, 5) is 0. The van der Waals surface area contributed by atoms with Crippen molar-refractivity contribution < 1.29 is 9.84 Å². The lowest BCUT2D eigenvalue weighted by atomic mass is 9.98. The molecule has 1 aromatic rings. The number of rotatable bonds is 3. The summed E-state index contributed by atoms with van der Waals surface area (Å²) in [7, 11) is 1.79. The molecule has 0 atom stereocenters. The molecule has 2 N–H and O–H groups in total. The molecule has 0 aliphatic heterocycles. The normalized spacial score (nSPS) is 17.1. The van der Waals surface area contributed by atoms with Crippen LogP contribution < -0.4 is 10.1 Å². The molecule has 0 bridgehead atoms. The first-order valence-corrected chi connectivity index (χ1v) is 5.97. The molecule has 1 aliphatic rings. The van der Waals surface area contributed by atoms with Crippen LogP contribution in [0.1, 0.15) is 32.1 Å². The van der Waals surface area contributed by atoms with Gasteiger partial charge in [-0.2, -0.15) is 0 Å². The standard InChI is InChI=1S/C13H19NO2/c1-14-13-11(15)8-5-9-12(13)16-10-6-3-2-4-7-10/h5,8-10,14-15H,2-4,6-7H2,1H3. The molecule has 0 unspecified atom stereocenters. The van der Waals surface area contributed by atoms with Gasteiger partial charge >= 0.3 is 0 Å². The lowest BCUT2D eigenvalue weighted by Crippen LogP contribution is -2.20. The Bertz CT molecular complexity index is 346. The first-order chi connectivity index (χ1) is 7.81. The highest BCUT2D eigenvalue weighted by atomic mass is 16.5. The number of benzene rings is 1. The maximum Gasteiger partial charge on any atom is 0.146 e. The molecular formula is C13H19NO2. The van der Waals surface area contributed by atoms with E-state index in [1.54, 1.807) is 13.1 Å². The van der Waals surface area contributed by atoms with Crippen LogP contribution in [0, 0.1) is 0 Å². The fourth-order valence-corrected chi connectivity index (χ4v) is 2.23. The minimum Gasteiger partial charge on any atom is -0.506 e. The van der Waals surface area contributed by atoms with Gasteiger partial charge in [0.1, 0.15) is 17.2 Å². The Labute approximate surface area is 96.4 Å². The number of phenols is 1. The SMILES string of the molecule is CNc1c(O)cccc1OC1CCCCC1. The Morgan fingerprint density at radius 3 is 2.69 bits per heavy atom. The number of ether oxygens (including phenoxy) is 1. The molecule has 2 rings (SSSR count). The van der Waals surface area contributed by atoms with E-state index in [4.69, 9.17) is 4.74 Å². The summed E-state index contributed by atoms with van der Waals surface area (Å²) in [5.74, 6) is 1.00. The number of para-hydroxylation sites is 1. The minimum absolute atomic E-state index is 0.246. The van der Waals surface area contributed by atoms with Gasteiger partial charge in [0.2, 0.25) is 0 Å². The van der Waals surface area contributed by atoms with E-state index in [0.717, 1.165) is 18.6 Å². The molecule has 0 amide bonds. The Balaban J connectivity index is 2.10. The lowest BCUT2D eigenvalue weighted by molar-refractivity contribution is 0.155. The van der Waals surface area contributed by atoms with Gasteiger partial charge < -0.3 is 15.2 Å². The quantitative estimate of drug-likeness (QED) is 0.770. The zero-order valence-corrected chi connectivity index (χ0v) is 9.70. The van der Waals surface area contributed by atoms with Gasteiger partial charge in [-0.25, -0.2) is 0 Å². The molecule has 1 saturated carbocycles. The second-order valence-electron chi connectivity index (χ2n) is 4.28. The van der Waals surface area contributed by atoms with Crippen LogP contribution in [0.25, 0.3) is 0 Å². The molecule has 3 heteroatoms. The van der Waals surface area contributed by atoms with Crippen molar-refractivity contribution in [2.24, 2.45) is 0 Å². The Kier molecular flexibility index (Phi) is 3.54. The number of anilines is 1. The van der Waals surface area contributed by atoms with E-state index in [1.807, 2.05) is 12.1 Å². The molecule has 16 heavy (non-hydrogen) atoms. The van der Waals surface area contributed by atoms with E-state index in [-0.39, 0.29) is 5.75 Å². The average molecular weight is 221 g/mol. The van der Waals surface area contributed by atoms with Crippen molar-refractivity contribution in [3.05, 3.63) is 18.2 Å². The summed E-state index contributed by atoms with van der Waals surface area (Å²) in [6.07, 6.45) is 6.37. The highest BCUT2D eigenvalue weighted by molar-refractivity contribution is 5.65. The summed E-state index contributed by atoms with van der Waals surface area (Å²) >= 11 is 0. The van der Waals surface area contributed by atoms with Crippen LogP contribution >= 0.6 is 0 Å². The summed E-state index contributed by atoms with van der Waals surface area (Å²) in [6, 6.07) is 5.38. The number of hydrogen-bond acceptors (Lipinski definition) is 3. The second-order valence-corrected chi connectivity index (χ2v) is 4.28. The van der Waals surface area contributed by atoms with Crippen LogP contribution in [0.15, 0.2) is 18.2 Å². The van der Waals surface area contributed by atoms with Crippen LogP contribution in [0.4, 0.5) is 5.69 Å². The Morgan fingerprint density at radius 2 is 2.00 bits per heavy atom. The van der Waals surface area contributed by atoms with Crippen LogP contribution in [-0.2, 0) is 0 Å². The smallest absolute Gasteiger partial charge is 0.146 e. The summed E-state index contributed by atoms with van der Waals surface area (Å²) < 4.78 is 5.94. The molecular weight excluding hydrogens is 202 g/mol. The van der Waals surface area contributed by atoms with Gasteiger partial charge in [-0.1, -0.05) is 12.5 Å². The topological polar surface area (TPSA) is 41.5 Å². The molecule has 3 nitrogen and oxygen atoms in total. The van der Waals surface area contributed by atoms with Crippen LogP contribution in [-0.4, -0.2) is 18.3 Å². The highest BCUT2D eigenvalue weighted by Gasteiger charge is 2.17. The highest BCUT2D eigenvalue weighted by Crippen LogP contribution is 2.35. The van der Waals surface area contributed by atoms with E-state index >= 15 is 0 Å². The van der Waals surface area contributed by atoms with E-state index in [1.165, 1.54) is 19.3 Å². The van der Waals surface area contributed by atoms with Crippen LogP contribution in [0.5, 0.6) is 11.5 Å². The van der Waals surface area contributed by atoms with Crippen molar-refractivity contribution in [2.75, 3.05) is 12.4 Å². The van der Waals surface area contributed by atoms with E-state index in [9.17, 15) is 5.11 Å². The van der Waals surface area contributed by atoms with E-state index < -0.39 is 0 Å². The molecule has 1 aliphatic carbocycles. The molecule has 0 heterocycles. The summed E-state index contributed by atoms with van der Waals surface area (Å²) in [5.41, 5.74) is 0.688. The van der Waals surface area contributed by atoms with E-state index in [2.05, 4.69) is 5.32 Å². The second kappa shape index (κ2) is 5.10. The number of aromatic hydroxyl groups is 1. The molecule has 88 valence electrons. The van der Waals surface area contributed by atoms with Crippen LogP contribution in [0.3, 0.4) is 0 Å². The zero-order chi connectivity index (χ0) is 11.4. The molecule has 1 fully saturated rings. The third-order valence-electron chi connectivity index (χ3n) is 3.10. The van der Waals surface area contributed by atoms with Gasteiger partial charge in [0, 0.05) is 7.05 Å². The van der Waals surface area contributed by atoms with Crippen molar-refractivity contribution in [2.45, 2.75) is 38.2 Å². The minimum atomic E-state index is 0.246. The molecule has 1 aromatic carbocycles. The van der Waals surface area contributed by atoms with Crippen molar-refractivity contribution in [3.8, 4) is 11.5 Å². The molecule has 0 radical (unpaired) electrons. The first-order valence-electron chi connectivity index (χ1n) is 5.97. The maximum absolute atomic E-state index is 9.68. The monoisotopic (exact) mass is 221 g/mol. The number of hydrogen-bond donors (Lipinski definition) is 2. The Morgan fingerprint density at radius 1 is 1.25 bits per heavy atom. The molecule has 0 aromatic heterocycles. The fraction of sp³-hybridized carbons (Fsp3) is 0.538. The number of nitrogens with one attached hydrogen (secondary N) is 1. The predicted molar refractivity (Wildman–Crippen MR) is 65.2 cm³/mol. The zero-order valence-electron chi connectivity index (χ0n) is 9.70. The van der Waals surface area contributed by atoms with Crippen molar-refractivity contribution >= 4 is 5.69 Å². The summed E-state index contributed by atoms with van der Waals surface area (Å²) in [5, 5.41) is 12.7. The van der Waals surface area contributed by atoms with Crippen molar-refractivity contribution in [1.29, 1.82) is 0 Å². The largest absolute Gasteiger partial charge is 0.506 e. The maximum atomic E-state index is 9.68. The van der Waals surface area contributed by atoms with Gasteiger partial charge in [-0.3, -0.25) is 0 Å². The van der Waals surface area contributed by atoms with Gasteiger partial charge in [0.15, 0.2) is 0 Å².